The molecule has 0 saturated carbocycles. The van der Waals surface area contributed by atoms with Crippen LogP contribution < -0.4 is 0 Å². The van der Waals surface area contributed by atoms with Crippen LogP contribution in [0.5, 0.6) is 0 Å². The Morgan fingerprint density at radius 1 is 0.222 bits per heavy atom. The molecule has 0 aliphatic heterocycles. The molecule has 0 amide bonds. The van der Waals surface area contributed by atoms with Gasteiger partial charge in [0.25, 0.3) is 0 Å². The van der Waals surface area contributed by atoms with Gasteiger partial charge in [0.2, 0.25) is 0 Å². The molecule has 0 spiro atoms. The molecule has 0 N–H and O–H groups in total. The number of fused-ring (bicyclic) bond motifs is 24. The van der Waals surface area contributed by atoms with Gasteiger partial charge in [-0.15, -0.1) is 0 Å². The molecule has 6 heterocycles. The minimum absolute atomic E-state index is 0.826. The summed E-state index contributed by atoms with van der Waals surface area (Å²) in [6.45, 7) is 52.6. The van der Waals surface area contributed by atoms with Crippen molar-refractivity contribution < 1.29 is 13.7 Å². The first-order chi connectivity index (χ1) is 48.0. The predicted octanol–water partition coefficient (Wildman–Crippen LogP) is 28.5. The summed E-state index contributed by atoms with van der Waals surface area (Å²) >= 11 is 0. The zero-order valence-corrected chi connectivity index (χ0v) is 68.3. The molecule has 0 bridgehead atoms. The highest BCUT2D eigenvalue weighted by atomic mass is 31.2. The largest absolute Gasteiger partial charge is 0.324 e. The molecular weight excluding hydrogens is 1270 g/mol. The van der Waals surface area contributed by atoms with Gasteiger partial charge in [-0.2, -0.15) is 0 Å². The van der Waals surface area contributed by atoms with E-state index in [0.717, 1.165) is 68.5 Å². The van der Waals surface area contributed by atoms with Crippen LogP contribution in [0.2, 0.25) is 0 Å². The van der Waals surface area contributed by atoms with Crippen LogP contribution in [0.15, 0.2) is 218 Å². The smallest absolute Gasteiger partial charge is 0.146 e. The molecule has 0 atom stereocenters. The first kappa shape index (κ1) is 89.1. The van der Waals surface area contributed by atoms with E-state index < -0.39 is 21.4 Å². The fourth-order valence-electron chi connectivity index (χ4n) is 9.78. The Hall–Kier alpha value is -7.92. The number of aromatic nitrogens is 6. The third kappa shape index (κ3) is 23.6. The highest BCUT2D eigenvalue weighted by molar-refractivity contribution is 7.62. The van der Waals surface area contributed by atoms with Crippen LogP contribution in [0, 0.1) is 0 Å². The van der Waals surface area contributed by atoms with Gasteiger partial charge in [-0.25, -0.2) is 15.0 Å². The number of para-hydroxylation sites is 9. The Morgan fingerprint density at radius 2 is 0.364 bits per heavy atom. The zero-order valence-electron chi connectivity index (χ0n) is 65.7. The number of nitrogens with zero attached hydrogens (tertiary/aromatic N) is 6. The van der Waals surface area contributed by atoms with Crippen molar-refractivity contribution in [2.45, 2.75) is 145 Å². The van der Waals surface area contributed by atoms with E-state index in [4.69, 9.17) is 15.0 Å². The van der Waals surface area contributed by atoms with Crippen LogP contribution in [0.1, 0.15) is 145 Å². The minimum Gasteiger partial charge on any atom is -0.324 e. The summed E-state index contributed by atoms with van der Waals surface area (Å²) in [5, 5.41) is 11.2. The van der Waals surface area contributed by atoms with Gasteiger partial charge >= 0.3 is 0 Å². The van der Waals surface area contributed by atoms with Crippen LogP contribution in [-0.4, -0.2) is 86.6 Å². The second-order valence-electron chi connectivity index (χ2n) is 21.6. The quantitative estimate of drug-likeness (QED) is 0.129. The Labute approximate surface area is 597 Å². The second kappa shape index (κ2) is 46.4. The van der Waals surface area contributed by atoms with E-state index in [1.54, 1.807) is 40.0 Å². The van der Waals surface area contributed by atoms with Crippen molar-refractivity contribution in [2.24, 2.45) is 0 Å². The molecule has 0 aliphatic carbocycles. The number of rotatable bonds is 3. The van der Waals surface area contributed by atoms with Gasteiger partial charge in [0.05, 0.1) is 71.1 Å². The van der Waals surface area contributed by atoms with E-state index in [-0.39, 0.29) is 0 Å². The van der Waals surface area contributed by atoms with E-state index in [1.807, 2.05) is 164 Å². The van der Waals surface area contributed by atoms with Crippen LogP contribution in [0.3, 0.4) is 0 Å². The molecule has 15 rings (SSSR count). The van der Waals surface area contributed by atoms with Gasteiger partial charge in [0, 0.05) is 32.3 Å². The van der Waals surface area contributed by atoms with E-state index in [2.05, 4.69) is 213 Å². The normalized spacial score (nSPS) is 10.2. The monoisotopic (exact) mass is 1390 g/mol. The summed E-state index contributed by atoms with van der Waals surface area (Å²) in [6, 6.07) is 76.1. The van der Waals surface area contributed by atoms with Gasteiger partial charge in [0.15, 0.2) is 0 Å². The van der Waals surface area contributed by atoms with Crippen molar-refractivity contribution in [3.05, 3.63) is 218 Å². The zero-order chi connectivity index (χ0) is 75.1. The molecule has 9 aromatic carbocycles. The number of hydrogen-bond donors (Lipinski definition) is 0. The highest BCUT2D eigenvalue weighted by Crippen LogP contribution is 2.37. The number of benzene rings is 9. The predicted molar refractivity (Wildman–Crippen MR) is 455 cm³/mol. The molecule has 15 aromatic rings. The fraction of sp³-hybridized carbons (Fsp3) is 0.345. The number of hydrogen-bond acceptors (Lipinski definition) is 6. The summed E-state index contributed by atoms with van der Waals surface area (Å²) in [7, 11) is -4.94. The van der Waals surface area contributed by atoms with E-state index >= 15 is 0 Å². The molecule has 12 heteroatoms. The standard InChI is InChI=1S/3C19H12N2.3C4H11OP.9C2H6/c3*1-2-9-15-13(7-1)14-8-3-5-11-17(14)21-18-12-6-4-10-16(18)20-19(15)21;3*1-4-6(2,3)5;9*1-2/h3*1-12H;3*4H2,1-3H3;9*1-2H3. The second-order valence-corrected chi connectivity index (χ2v) is 33.0. The first-order valence-corrected chi connectivity index (χ1v) is 45.0. The van der Waals surface area contributed by atoms with Gasteiger partial charge in [-0.05, 0) is 129 Å². The lowest BCUT2D eigenvalue weighted by atomic mass is 10.1. The lowest BCUT2D eigenvalue weighted by molar-refractivity contribution is 0.582. The van der Waals surface area contributed by atoms with E-state index in [9.17, 15) is 13.7 Å². The van der Waals surface area contributed by atoms with Crippen LogP contribution in [-0.2, 0) is 13.7 Å². The van der Waals surface area contributed by atoms with Gasteiger partial charge in [-0.1, -0.05) is 309 Å². The number of imidazole rings is 3. The number of pyridine rings is 3. The minimum atomic E-state index is -1.65. The van der Waals surface area contributed by atoms with Crippen molar-refractivity contribution in [1.82, 2.24) is 28.2 Å². The lowest BCUT2D eigenvalue weighted by Gasteiger charge is -2.08. The molecule has 6 aromatic heterocycles. The SMILES string of the molecule is CC.CC.CC.CC.CC.CC.CC.CC.CC.CCP(C)(C)=O.CCP(C)(C)=O.CCP(C)(C)=O.c1ccc2c(c1)nc1c3ccccc3c3ccccc3n21.c1ccc2c(c1)nc1c3ccccc3c3ccccc3n21.c1ccc2c(c1)nc1c3ccccc3c3ccccc3n21. The maximum Gasteiger partial charge on any atom is 0.146 e. The summed E-state index contributed by atoms with van der Waals surface area (Å²) in [6.07, 6.45) is 2.48. The first-order valence-electron chi connectivity index (χ1n) is 36.6. The Morgan fingerprint density at radius 3 is 0.545 bits per heavy atom. The van der Waals surface area contributed by atoms with Crippen molar-refractivity contribution in [1.29, 1.82) is 0 Å². The van der Waals surface area contributed by atoms with Crippen LogP contribution >= 0.6 is 21.4 Å². The summed E-state index contributed by atoms with van der Waals surface area (Å²) in [5.41, 5.74) is 13.3. The van der Waals surface area contributed by atoms with Gasteiger partial charge < -0.3 is 13.7 Å². The van der Waals surface area contributed by atoms with Crippen LogP contribution in [0.4, 0.5) is 0 Å². The molecule has 534 valence electrons. The van der Waals surface area contributed by atoms with Crippen LogP contribution in [0.25, 0.3) is 115 Å². The van der Waals surface area contributed by atoms with E-state index in [1.165, 1.54) is 65.0 Å². The van der Waals surface area contributed by atoms with Crippen molar-refractivity contribution in [2.75, 3.05) is 58.5 Å². The molecule has 0 radical (unpaired) electrons. The van der Waals surface area contributed by atoms with Crippen molar-refractivity contribution in [3.8, 4) is 0 Å². The van der Waals surface area contributed by atoms with Gasteiger partial charge in [-0.3, -0.25) is 13.2 Å². The van der Waals surface area contributed by atoms with E-state index in [0.29, 0.717) is 0 Å². The maximum atomic E-state index is 10.6. The molecule has 0 fully saturated rings. The third-order valence-electron chi connectivity index (χ3n) is 14.8. The third-order valence-corrected chi connectivity index (χ3v) is 19.3. The molecular formula is C87H123N6O3P3. The molecule has 0 unspecified atom stereocenters. The average molecular weight is 1390 g/mol. The molecule has 0 aliphatic rings. The average Bonchev–Trinajstić information content (AvgIpc) is 1.67. The summed E-state index contributed by atoms with van der Waals surface area (Å²) in [5.74, 6) is 0. The van der Waals surface area contributed by atoms with Crippen molar-refractivity contribution >= 4 is 136 Å². The maximum absolute atomic E-state index is 10.6. The Kier molecular flexibility index (Phi) is 41.8. The molecule has 99 heavy (non-hydrogen) atoms. The Bertz CT molecular complexity index is 4440. The lowest BCUT2D eigenvalue weighted by Crippen LogP contribution is -1.90. The Balaban J connectivity index is 0.000000602. The highest BCUT2D eigenvalue weighted by Gasteiger charge is 2.16. The topological polar surface area (TPSA) is 103 Å². The summed E-state index contributed by atoms with van der Waals surface area (Å²) in [4.78, 5) is 14.6. The molecule has 0 saturated heterocycles. The molecule has 9 nitrogen and oxygen atoms in total. The van der Waals surface area contributed by atoms with Gasteiger partial charge in [0.1, 0.15) is 16.9 Å². The summed E-state index contributed by atoms with van der Waals surface area (Å²) < 4.78 is 38.6. The fourth-order valence-corrected chi connectivity index (χ4v) is 9.78. The van der Waals surface area contributed by atoms with Crippen molar-refractivity contribution in [3.63, 3.8) is 0 Å².